The van der Waals surface area contributed by atoms with Crippen LogP contribution in [-0.2, 0) is 0 Å². The lowest BCUT2D eigenvalue weighted by atomic mass is 10.4. The molecule has 0 aromatic heterocycles. The topological polar surface area (TPSA) is 0 Å². The minimum absolute atomic E-state index is 0.773. The molecule has 1 fully saturated rings. The minimum Gasteiger partial charge on any atom is 0.00539 e. The van der Waals surface area contributed by atoms with Gasteiger partial charge < -0.3 is 0 Å². The van der Waals surface area contributed by atoms with Gasteiger partial charge in [-0.05, 0) is 0 Å². The van der Waals surface area contributed by atoms with Crippen molar-refractivity contribution in [2.45, 2.75) is 12.8 Å². The Bertz CT molecular complexity index is 42.0. The zero-order chi connectivity index (χ0) is 3.70. The Morgan fingerprint density at radius 3 is 2.20 bits per heavy atom. The van der Waals surface area contributed by atoms with Gasteiger partial charge in [-0.3, -0.25) is 0 Å². The van der Waals surface area contributed by atoms with E-state index in [2.05, 4.69) is 12.7 Å². The van der Waals surface area contributed by atoms with E-state index in [0.29, 0.717) is 0 Å². The predicted molar refractivity (Wildman–Crippen MR) is 21.6 cm³/mol. The molecule has 1 aliphatic carbocycles. The van der Waals surface area contributed by atoms with Gasteiger partial charge in [-0.25, -0.2) is 0 Å². The molecule has 0 heterocycles. The molecule has 0 aliphatic heterocycles. The zero-order valence-corrected chi connectivity index (χ0v) is 3.20. The van der Waals surface area contributed by atoms with Gasteiger partial charge in [-0.15, -0.1) is 0 Å². The first-order valence-corrected chi connectivity index (χ1v) is 1.96. The van der Waals surface area contributed by atoms with Crippen molar-refractivity contribution in [1.82, 2.24) is 0 Å². The Labute approximate surface area is 32.5 Å². The molecule has 1 rings (SSSR count). The minimum atomic E-state index is 0.773. The average Bonchev–Trinajstić information content (AvgIpc) is 2.12. The van der Waals surface area contributed by atoms with Crippen molar-refractivity contribution in [3.05, 3.63) is 12.7 Å². The van der Waals surface area contributed by atoms with Crippen LogP contribution in [0.4, 0.5) is 0 Å². The monoisotopic (exact) mass is 67.1 g/mol. The van der Waals surface area contributed by atoms with Crippen molar-refractivity contribution < 1.29 is 0 Å². The fraction of sp³-hybridized carbons (Fsp3) is 0.600. The third-order valence-electron chi connectivity index (χ3n) is 0.866. The van der Waals surface area contributed by atoms with E-state index in [1.54, 1.807) is 0 Å². The Hall–Kier alpha value is -0.350. The van der Waals surface area contributed by atoms with Crippen molar-refractivity contribution in [3.63, 3.8) is 0 Å². The van der Waals surface area contributed by atoms with Crippen LogP contribution in [0.2, 0.25) is 0 Å². The fourth-order valence-electron chi connectivity index (χ4n) is 0.287. The van der Waals surface area contributed by atoms with Gasteiger partial charge in [0.15, 0.2) is 5.92 Å². The van der Waals surface area contributed by atoms with Crippen molar-refractivity contribution in [2.75, 3.05) is 0 Å². The highest BCUT2D eigenvalue weighted by Crippen LogP contribution is 2.28. The van der Waals surface area contributed by atoms with Gasteiger partial charge in [0.1, 0.15) is 6.58 Å². The standard InChI is InChI=1S/C5H7/c1-2-5-3-4-5/h5H,1,3-4H2/q+1. The summed E-state index contributed by atoms with van der Waals surface area (Å²) in [5.41, 5.74) is 0. The van der Waals surface area contributed by atoms with Crippen LogP contribution in [0.1, 0.15) is 12.8 Å². The number of allylic oxidation sites excluding steroid dienone is 1. The van der Waals surface area contributed by atoms with E-state index in [9.17, 15) is 0 Å². The third-order valence-corrected chi connectivity index (χ3v) is 0.866. The van der Waals surface area contributed by atoms with E-state index in [0.717, 1.165) is 5.92 Å². The Morgan fingerprint density at radius 1 is 1.60 bits per heavy atom. The van der Waals surface area contributed by atoms with Crippen molar-refractivity contribution >= 4 is 0 Å². The molecular weight excluding hydrogens is 60.1 g/mol. The summed E-state index contributed by atoms with van der Waals surface area (Å²) in [7, 11) is 0. The molecule has 0 unspecified atom stereocenters. The summed E-state index contributed by atoms with van der Waals surface area (Å²) < 4.78 is 0. The SMILES string of the molecule is C=[C+]C1CC1. The number of rotatable bonds is 1. The molecule has 0 radical (unpaired) electrons. The fourth-order valence-corrected chi connectivity index (χ4v) is 0.287. The summed E-state index contributed by atoms with van der Waals surface area (Å²) in [6.07, 6.45) is 5.56. The highest BCUT2D eigenvalue weighted by Gasteiger charge is 2.29. The van der Waals surface area contributed by atoms with Gasteiger partial charge in [-0.1, -0.05) is 0 Å². The largest absolute Gasteiger partial charge is 0.217 e. The molecule has 5 heavy (non-hydrogen) atoms. The third kappa shape index (κ3) is 0.460. The highest BCUT2D eigenvalue weighted by molar-refractivity contribution is 4.81. The van der Waals surface area contributed by atoms with E-state index >= 15 is 0 Å². The van der Waals surface area contributed by atoms with Crippen LogP contribution >= 0.6 is 0 Å². The molecule has 0 aromatic carbocycles. The average molecular weight is 67.1 g/mol. The molecule has 0 spiro atoms. The Kier molecular flexibility index (Phi) is 0.460. The molecule has 1 aliphatic rings. The maximum Gasteiger partial charge on any atom is 0.217 e. The van der Waals surface area contributed by atoms with Crippen LogP contribution in [0, 0.1) is 12.0 Å². The highest BCUT2D eigenvalue weighted by atomic mass is 14.2. The molecule has 0 aromatic rings. The van der Waals surface area contributed by atoms with Crippen LogP contribution in [-0.4, -0.2) is 0 Å². The summed E-state index contributed by atoms with van der Waals surface area (Å²) in [4.78, 5) is 0. The van der Waals surface area contributed by atoms with E-state index in [4.69, 9.17) is 0 Å². The van der Waals surface area contributed by atoms with Gasteiger partial charge in [0.2, 0.25) is 6.08 Å². The van der Waals surface area contributed by atoms with Gasteiger partial charge in [-0.2, -0.15) is 0 Å². The number of hydrogen-bond donors (Lipinski definition) is 0. The first-order chi connectivity index (χ1) is 2.43. The molecule has 0 saturated heterocycles. The van der Waals surface area contributed by atoms with Gasteiger partial charge >= 0.3 is 0 Å². The van der Waals surface area contributed by atoms with Crippen molar-refractivity contribution in [1.29, 1.82) is 0 Å². The quantitative estimate of drug-likeness (QED) is 0.406. The summed E-state index contributed by atoms with van der Waals surface area (Å²) >= 11 is 0. The Balaban J connectivity index is 2.21. The normalized spacial score (nSPS) is 21.6. The molecule has 0 amide bonds. The first-order valence-electron chi connectivity index (χ1n) is 1.96. The van der Waals surface area contributed by atoms with E-state index in [1.807, 2.05) is 0 Å². The Morgan fingerprint density at radius 2 is 2.20 bits per heavy atom. The van der Waals surface area contributed by atoms with E-state index < -0.39 is 0 Å². The molecular formula is C5H7+. The van der Waals surface area contributed by atoms with Gasteiger partial charge in [0.25, 0.3) is 0 Å². The van der Waals surface area contributed by atoms with Crippen LogP contribution in [0.25, 0.3) is 0 Å². The summed E-state index contributed by atoms with van der Waals surface area (Å²) in [6.45, 7) is 3.50. The van der Waals surface area contributed by atoms with Gasteiger partial charge in [0, 0.05) is 12.8 Å². The van der Waals surface area contributed by atoms with Crippen LogP contribution in [0.5, 0.6) is 0 Å². The first kappa shape index (κ1) is 2.87. The van der Waals surface area contributed by atoms with E-state index in [1.165, 1.54) is 12.8 Å². The summed E-state index contributed by atoms with van der Waals surface area (Å²) in [6, 6.07) is 0. The van der Waals surface area contributed by atoms with E-state index in [-0.39, 0.29) is 0 Å². The number of hydrogen-bond acceptors (Lipinski definition) is 0. The molecule has 0 heteroatoms. The molecule has 26 valence electrons. The van der Waals surface area contributed by atoms with Crippen LogP contribution in [0.3, 0.4) is 0 Å². The maximum atomic E-state index is 3.50. The zero-order valence-electron chi connectivity index (χ0n) is 3.20. The predicted octanol–water partition coefficient (Wildman–Crippen LogP) is 1.39. The lowest BCUT2D eigenvalue weighted by Crippen LogP contribution is -1.52. The second-order valence-electron chi connectivity index (χ2n) is 1.48. The van der Waals surface area contributed by atoms with Crippen LogP contribution in [0.15, 0.2) is 6.58 Å². The second kappa shape index (κ2) is 0.803. The van der Waals surface area contributed by atoms with Crippen LogP contribution < -0.4 is 0 Å². The maximum absolute atomic E-state index is 3.50. The van der Waals surface area contributed by atoms with Crippen molar-refractivity contribution in [3.8, 4) is 0 Å². The molecule has 0 nitrogen and oxygen atoms in total. The molecule has 0 N–H and O–H groups in total. The van der Waals surface area contributed by atoms with Gasteiger partial charge in [0.05, 0.1) is 0 Å². The molecule has 0 atom stereocenters. The van der Waals surface area contributed by atoms with Crippen molar-refractivity contribution in [2.24, 2.45) is 5.92 Å². The smallest absolute Gasteiger partial charge is 0.00539 e. The summed E-state index contributed by atoms with van der Waals surface area (Å²) in [5, 5.41) is 0. The lowest BCUT2D eigenvalue weighted by Gasteiger charge is -1.41. The molecule has 0 bridgehead atoms. The lowest BCUT2D eigenvalue weighted by molar-refractivity contribution is 1.09. The molecule has 1 saturated carbocycles. The summed E-state index contributed by atoms with van der Waals surface area (Å²) in [5.74, 6) is 0.773. The second-order valence-corrected chi connectivity index (χ2v) is 1.48.